The van der Waals surface area contributed by atoms with Gasteiger partial charge in [-0.1, -0.05) is 48.0 Å². The molecule has 0 saturated heterocycles. The zero-order valence-corrected chi connectivity index (χ0v) is 18.5. The molecule has 0 aromatic heterocycles. The molecule has 0 spiro atoms. The Kier molecular flexibility index (Phi) is 6.86. The maximum Gasteiger partial charge on any atom is 0.363 e. The summed E-state index contributed by atoms with van der Waals surface area (Å²) in [5.74, 6) is -0.0543. The van der Waals surface area contributed by atoms with Gasteiger partial charge in [0.25, 0.3) is 0 Å². The van der Waals surface area contributed by atoms with E-state index in [1.165, 1.54) is 0 Å². The van der Waals surface area contributed by atoms with Gasteiger partial charge in [-0.3, -0.25) is 4.79 Å². The molecule has 166 valence electrons. The van der Waals surface area contributed by atoms with Gasteiger partial charge in [0.2, 0.25) is 5.90 Å². The SMILES string of the molecule is CCOc1cc(/C=C2/N=C(c3ccc(Cl)cc3)OC2=O)ccc1OC(=O)Cc1ccccc1. The lowest BCUT2D eigenvalue weighted by Crippen LogP contribution is -2.12. The summed E-state index contributed by atoms with van der Waals surface area (Å²) in [5.41, 5.74) is 2.30. The Morgan fingerprint density at radius 1 is 1.03 bits per heavy atom. The van der Waals surface area contributed by atoms with Crippen molar-refractivity contribution in [3.8, 4) is 11.5 Å². The molecule has 1 heterocycles. The molecule has 4 rings (SSSR count). The molecular weight excluding hydrogens is 442 g/mol. The Hall–Kier alpha value is -3.90. The smallest absolute Gasteiger partial charge is 0.363 e. The van der Waals surface area contributed by atoms with Gasteiger partial charge in [-0.25, -0.2) is 9.79 Å². The highest BCUT2D eigenvalue weighted by molar-refractivity contribution is 6.30. The van der Waals surface area contributed by atoms with Crippen molar-refractivity contribution < 1.29 is 23.8 Å². The first-order chi connectivity index (χ1) is 16.0. The number of hydrogen-bond donors (Lipinski definition) is 0. The Balaban J connectivity index is 1.54. The monoisotopic (exact) mass is 461 g/mol. The molecule has 0 saturated carbocycles. The highest BCUT2D eigenvalue weighted by atomic mass is 35.5. The van der Waals surface area contributed by atoms with Crippen LogP contribution in [-0.4, -0.2) is 24.4 Å². The predicted molar refractivity (Wildman–Crippen MR) is 125 cm³/mol. The number of esters is 2. The van der Waals surface area contributed by atoms with Gasteiger partial charge in [0, 0.05) is 10.6 Å². The van der Waals surface area contributed by atoms with E-state index in [4.69, 9.17) is 25.8 Å². The lowest BCUT2D eigenvalue weighted by atomic mass is 10.1. The molecule has 0 amide bonds. The van der Waals surface area contributed by atoms with Crippen molar-refractivity contribution in [2.24, 2.45) is 4.99 Å². The maximum atomic E-state index is 12.4. The fourth-order valence-electron chi connectivity index (χ4n) is 3.17. The first-order valence-corrected chi connectivity index (χ1v) is 10.7. The van der Waals surface area contributed by atoms with E-state index in [1.807, 2.05) is 37.3 Å². The number of hydrogen-bond acceptors (Lipinski definition) is 6. The van der Waals surface area contributed by atoms with Gasteiger partial charge in [-0.05, 0) is 60.5 Å². The van der Waals surface area contributed by atoms with Crippen LogP contribution in [0, 0.1) is 0 Å². The molecule has 0 atom stereocenters. The first-order valence-electron chi connectivity index (χ1n) is 10.3. The van der Waals surface area contributed by atoms with E-state index in [0.29, 0.717) is 34.3 Å². The van der Waals surface area contributed by atoms with E-state index in [2.05, 4.69) is 4.99 Å². The van der Waals surface area contributed by atoms with Crippen molar-refractivity contribution in [1.29, 1.82) is 0 Å². The van der Waals surface area contributed by atoms with Gasteiger partial charge in [0.15, 0.2) is 17.2 Å². The highest BCUT2D eigenvalue weighted by Gasteiger charge is 2.24. The van der Waals surface area contributed by atoms with Gasteiger partial charge in [-0.15, -0.1) is 0 Å². The summed E-state index contributed by atoms with van der Waals surface area (Å²) in [7, 11) is 0. The number of rotatable bonds is 7. The Morgan fingerprint density at radius 2 is 1.79 bits per heavy atom. The van der Waals surface area contributed by atoms with Crippen LogP contribution in [0.3, 0.4) is 0 Å². The molecule has 7 heteroatoms. The highest BCUT2D eigenvalue weighted by Crippen LogP contribution is 2.30. The molecule has 0 bridgehead atoms. The summed E-state index contributed by atoms with van der Waals surface area (Å²) in [4.78, 5) is 28.9. The lowest BCUT2D eigenvalue weighted by Gasteiger charge is -2.11. The van der Waals surface area contributed by atoms with Crippen LogP contribution < -0.4 is 9.47 Å². The largest absolute Gasteiger partial charge is 0.490 e. The van der Waals surface area contributed by atoms with Crippen LogP contribution in [0.4, 0.5) is 0 Å². The average Bonchev–Trinajstić information content (AvgIpc) is 3.17. The molecule has 0 fully saturated rings. The number of cyclic esters (lactones) is 1. The second-order valence-corrected chi connectivity index (χ2v) is 7.56. The number of benzene rings is 3. The molecule has 0 unspecified atom stereocenters. The summed E-state index contributed by atoms with van der Waals surface area (Å²) in [6.07, 6.45) is 1.73. The summed E-state index contributed by atoms with van der Waals surface area (Å²) >= 11 is 5.91. The molecule has 33 heavy (non-hydrogen) atoms. The summed E-state index contributed by atoms with van der Waals surface area (Å²) in [5, 5.41) is 0.576. The molecule has 0 aliphatic carbocycles. The molecule has 1 aliphatic rings. The molecule has 6 nitrogen and oxygen atoms in total. The second kappa shape index (κ2) is 10.1. The van der Waals surface area contributed by atoms with Crippen LogP contribution in [0.25, 0.3) is 6.08 Å². The number of carbonyl (C=O) groups is 2. The predicted octanol–water partition coefficient (Wildman–Crippen LogP) is 5.23. The molecule has 1 aliphatic heterocycles. The van der Waals surface area contributed by atoms with Crippen molar-refractivity contribution in [2.45, 2.75) is 13.3 Å². The van der Waals surface area contributed by atoms with E-state index in [0.717, 1.165) is 5.56 Å². The van der Waals surface area contributed by atoms with E-state index >= 15 is 0 Å². The van der Waals surface area contributed by atoms with Gasteiger partial charge in [0.05, 0.1) is 13.0 Å². The van der Waals surface area contributed by atoms with E-state index in [-0.39, 0.29) is 18.0 Å². The van der Waals surface area contributed by atoms with Crippen LogP contribution >= 0.6 is 11.6 Å². The van der Waals surface area contributed by atoms with Gasteiger partial charge < -0.3 is 14.2 Å². The third kappa shape index (κ3) is 5.67. The summed E-state index contributed by atoms with van der Waals surface area (Å²) in [6.45, 7) is 2.21. The van der Waals surface area contributed by atoms with Gasteiger partial charge in [-0.2, -0.15) is 0 Å². The lowest BCUT2D eigenvalue weighted by molar-refractivity contribution is -0.133. The molecular formula is C26H20ClNO5. The number of halogens is 1. The Labute approximate surface area is 196 Å². The van der Waals surface area contributed by atoms with Crippen LogP contribution in [0.1, 0.15) is 23.6 Å². The third-order valence-corrected chi connectivity index (χ3v) is 4.95. The van der Waals surface area contributed by atoms with Crippen molar-refractivity contribution >= 4 is 35.5 Å². The maximum absolute atomic E-state index is 12.4. The summed E-state index contributed by atoms with van der Waals surface area (Å²) < 4.78 is 16.5. The minimum absolute atomic E-state index is 0.145. The topological polar surface area (TPSA) is 74.2 Å². The standard InChI is InChI=1S/C26H20ClNO5/c1-2-31-23-15-18(8-13-22(23)32-24(29)16-17-6-4-3-5-7-17)14-21-26(30)33-25(28-21)19-9-11-20(27)12-10-19/h3-15H,2,16H2,1H3/b21-14+. The zero-order valence-electron chi connectivity index (χ0n) is 17.8. The van der Waals surface area contributed by atoms with E-state index in [9.17, 15) is 9.59 Å². The van der Waals surface area contributed by atoms with E-state index < -0.39 is 11.9 Å². The van der Waals surface area contributed by atoms with Gasteiger partial charge >= 0.3 is 11.9 Å². The molecule has 3 aromatic carbocycles. The van der Waals surface area contributed by atoms with Crippen LogP contribution in [0.2, 0.25) is 5.02 Å². The third-order valence-electron chi connectivity index (χ3n) is 4.70. The van der Waals surface area contributed by atoms with Crippen molar-refractivity contribution in [3.05, 3.63) is 100 Å². The Bertz CT molecular complexity index is 1230. The van der Waals surface area contributed by atoms with Crippen LogP contribution in [0.15, 0.2) is 83.5 Å². The van der Waals surface area contributed by atoms with Crippen molar-refractivity contribution in [3.63, 3.8) is 0 Å². The minimum Gasteiger partial charge on any atom is -0.490 e. The summed E-state index contributed by atoms with van der Waals surface area (Å²) in [6, 6.07) is 21.2. The van der Waals surface area contributed by atoms with Gasteiger partial charge in [0.1, 0.15) is 0 Å². The number of carbonyl (C=O) groups excluding carboxylic acids is 2. The average molecular weight is 462 g/mol. The van der Waals surface area contributed by atoms with Crippen LogP contribution in [0.5, 0.6) is 11.5 Å². The Morgan fingerprint density at radius 3 is 2.52 bits per heavy atom. The first kappa shape index (κ1) is 22.3. The minimum atomic E-state index is -0.559. The zero-order chi connectivity index (χ0) is 23.2. The van der Waals surface area contributed by atoms with Crippen LogP contribution in [-0.2, 0) is 20.7 Å². The fraction of sp³-hybridized carbons (Fsp3) is 0.115. The number of nitrogens with zero attached hydrogens (tertiary/aromatic N) is 1. The van der Waals surface area contributed by atoms with Crippen molar-refractivity contribution in [2.75, 3.05) is 6.61 Å². The molecule has 0 radical (unpaired) electrons. The molecule has 3 aromatic rings. The number of aliphatic imine (C=N–C) groups is 1. The molecule has 0 N–H and O–H groups in total. The number of ether oxygens (including phenoxy) is 3. The van der Waals surface area contributed by atoms with Crippen molar-refractivity contribution in [1.82, 2.24) is 0 Å². The normalized spacial score (nSPS) is 14.1. The quantitative estimate of drug-likeness (QED) is 0.273. The second-order valence-electron chi connectivity index (χ2n) is 7.12. The van der Waals surface area contributed by atoms with E-state index in [1.54, 1.807) is 48.5 Å². The fourth-order valence-corrected chi connectivity index (χ4v) is 3.30.